The number of allylic oxidation sites excluding steroid dienone is 2. The second-order valence-electron chi connectivity index (χ2n) is 27.4. The minimum Gasteiger partial charge on any atom is -0.462 e. The van der Waals surface area contributed by atoms with Crippen molar-refractivity contribution in [2.45, 2.75) is 391 Å². The normalized spacial score (nSPS) is 22.0. The van der Waals surface area contributed by atoms with Gasteiger partial charge in [0, 0.05) is 39.4 Å². The number of amides is 2. The zero-order valence-electron chi connectivity index (χ0n) is 61.6. The lowest BCUT2D eigenvalue weighted by molar-refractivity contribution is -0.301. The molecule has 26 heteroatoms. The van der Waals surface area contributed by atoms with Crippen molar-refractivity contribution in [1.82, 2.24) is 10.6 Å². The third-order valence-electron chi connectivity index (χ3n) is 18.3. The Balaban J connectivity index is 2.63. The highest BCUT2D eigenvalue weighted by Crippen LogP contribution is 2.44. The van der Waals surface area contributed by atoms with E-state index in [1.165, 1.54) is 45.6 Å². The molecule has 2 amide bonds. The van der Waals surface area contributed by atoms with Gasteiger partial charge >= 0.3 is 21.6 Å². The number of unbranched alkanes of at least 4 members (excludes halogenated alkanes) is 29. The summed E-state index contributed by atoms with van der Waals surface area (Å²) < 4.78 is 79.7. The number of carbonyl (C=O) groups is 5. The van der Waals surface area contributed by atoms with Gasteiger partial charge in [0.2, 0.25) is 11.8 Å². The molecule has 0 saturated carbocycles. The maximum Gasteiger partial charge on any atom is 0.472 e. The highest BCUT2D eigenvalue weighted by atomic mass is 31.2. The van der Waals surface area contributed by atoms with Gasteiger partial charge in [-0.05, 0) is 64.2 Å². The van der Waals surface area contributed by atoms with Crippen LogP contribution in [0.15, 0.2) is 12.2 Å². The van der Waals surface area contributed by atoms with E-state index in [0.717, 1.165) is 161 Å². The summed E-state index contributed by atoms with van der Waals surface area (Å²) in [7, 11) is -9.64. The lowest BCUT2D eigenvalue weighted by Gasteiger charge is -2.47. The number of rotatable bonds is 65. The van der Waals surface area contributed by atoms with E-state index in [-0.39, 0.29) is 56.9 Å². The van der Waals surface area contributed by atoms with Gasteiger partial charge in [-0.2, -0.15) is 0 Å². The van der Waals surface area contributed by atoms with Crippen LogP contribution in [0.4, 0.5) is 0 Å². The van der Waals surface area contributed by atoms with E-state index in [0.29, 0.717) is 38.5 Å². The molecule has 0 aromatic heterocycles. The molecule has 2 saturated heterocycles. The third kappa shape index (κ3) is 46.1. The number of carbonyl (C=O) groups excluding carboxylic acids is 5. The molecule has 99 heavy (non-hydrogen) atoms. The summed E-state index contributed by atoms with van der Waals surface area (Å²) in [6, 6.07) is -3.26. The standard InChI is InChI=1S/C73H136N2O22P2/c1-7-12-17-22-25-28-31-36-40-45-58(77)53-63(79)74-66-70(90-51-49-57(76)44-39-34-20-15-10-4)68(82)61(94-73(66)97-99(86,87)88)56-92-72-67(75-64(80)54-59(78)46-41-37-32-29-26-23-18-13-8-2)71(69(96-98(83,84)85)62(95-72)55-89-6)91-52-50-60(47-42-35-21-16-11-5)93-65(81)48-43-38-33-30-27-24-19-14-9-3/h30,33,57,60-62,66-73,76,82H,7-29,31-32,34-56H2,1-6H3,(H,74,79)(H,75,80)(H2,83,84,85)(H2,86,87,88)/b33-30-/t57-,60-,61?,62?,66?,67?,68?,69?,70?,71?,72?,73?/m1/s1. The molecule has 10 unspecified atom stereocenters. The van der Waals surface area contributed by atoms with E-state index in [2.05, 4.69) is 57.4 Å². The predicted molar refractivity (Wildman–Crippen MR) is 381 cm³/mol. The van der Waals surface area contributed by atoms with Crippen LogP contribution in [0.5, 0.6) is 0 Å². The van der Waals surface area contributed by atoms with Crippen molar-refractivity contribution >= 4 is 45.0 Å². The minimum atomic E-state index is -5.51. The molecule has 2 aliphatic rings. The van der Waals surface area contributed by atoms with Gasteiger partial charge in [0.15, 0.2) is 12.6 Å². The van der Waals surface area contributed by atoms with Crippen LogP contribution in [0.2, 0.25) is 0 Å². The molecule has 24 nitrogen and oxygen atoms in total. The van der Waals surface area contributed by atoms with Crippen molar-refractivity contribution in [3.63, 3.8) is 0 Å². The Bertz CT molecular complexity index is 2220. The Morgan fingerprint density at radius 3 is 1.37 bits per heavy atom. The zero-order chi connectivity index (χ0) is 72.9. The van der Waals surface area contributed by atoms with Crippen LogP contribution in [0.1, 0.15) is 317 Å². The number of phosphoric acid groups is 2. The van der Waals surface area contributed by atoms with Gasteiger partial charge in [-0.25, -0.2) is 9.13 Å². The van der Waals surface area contributed by atoms with E-state index in [1.54, 1.807) is 0 Å². The number of ether oxygens (including phenoxy) is 7. The van der Waals surface area contributed by atoms with Gasteiger partial charge in [-0.1, -0.05) is 227 Å². The van der Waals surface area contributed by atoms with Gasteiger partial charge < -0.3 is 73.6 Å². The number of hydrogen-bond donors (Lipinski definition) is 8. The smallest absolute Gasteiger partial charge is 0.462 e. The number of Topliss-reactive ketones (excluding diaryl/α,β-unsaturated/α-hetero) is 2. The van der Waals surface area contributed by atoms with E-state index in [4.69, 9.17) is 42.2 Å². The number of esters is 1. The number of hydrogen-bond acceptors (Lipinski definition) is 18. The second-order valence-corrected chi connectivity index (χ2v) is 29.8. The zero-order valence-corrected chi connectivity index (χ0v) is 63.4. The largest absolute Gasteiger partial charge is 0.472 e. The Hall–Kier alpha value is -2.61. The molecule has 0 radical (unpaired) electrons. The van der Waals surface area contributed by atoms with E-state index in [1.807, 2.05) is 0 Å². The lowest BCUT2D eigenvalue weighted by atomic mass is 9.95. The summed E-state index contributed by atoms with van der Waals surface area (Å²) in [5, 5.41) is 28.7. The molecule has 2 rings (SSSR count). The Morgan fingerprint density at radius 1 is 0.455 bits per heavy atom. The average molecular weight is 1460 g/mol. The number of phosphoric ester groups is 2. The quantitative estimate of drug-likeness (QED) is 0.00922. The van der Waals surface area contributed by atoms with E-state index in [9.17, 15) is 62.9 Å². The summed E-state index contributed by atoms with van der Waals surface area (Å²) in [6.45, 7) is 9.07. The number of nitrogens with one attached hydrogen (secondary N) is 2. The van der Waals surface area contributed by atoms with Crippen molar-refractivity contribution in [2.24, 2.45) is 0 Å². The Labute approximate surface area is 594 Å². The first kappa shape index (κ1) is 92.5. The molecule has 12 atom stereocenters. The average Bonchev–Trinajstić information content (AvgIpc) is 0.789. The molecule has 580 valence electrons. The molecule has 0 spiro atoms. The number of aliphatic hydroxyl groups is 2. The Morgan fingerprint density at radius 2 is 0.879 bits per heavy atom. The SMILES string of the molecule is CCCCCC/C=C\CCCC(=O)O[C@H](CCCCCCC)CCOC1C(NC(=O)CC(=O)CCCCCCCCCCC)C(OCC2OC(OP(=O)(O)O)C(NC(=O)CC(=O)CCCCCCCCCCC)C(OCC[C@H](O)CCCCCCC)C2O)OC(COC)C1OP(=O)(O)O. The first-order valence-corrected chi connectivity index (χ1v) is 41.6. The van der Waals surface area contributed by atoms with Crippen LogP contribution >= 0.6 is 15.6 Å². The molecule has 2 heterocycles. The topological polar surface area (TPSA) is 348 Å². The molecule has 0 aliphatic carbocycles. The molecule has 2 fully saturated rings. The van der Waals surface area contributed by atoms with Crippen LogP contribution in [0.25, 0.3) is 0 Å². The number of ketones is 2. The van der Waals surface area contributed by atoms with E-state index < -0.39 is 133 Å². The fourth-order valence-electron chi connectivity index (χ4n) is 12.7. The molecular weight excluding hydrogens is 1320 g/mol. The fraction of sp³-hybridized carbons (Fsp3) is 0.904. The fourth-order valence-corrected chi connectivity index (χ4v) is 13.7. The maximum atomic E-state index is 14.3. The highest BCUT2D eigenvalue weighted by Gasteiger charge is 2.53. The minimum absolute atomic E-state index is 0.0549. The van der Waals surface area contributed by atoms with Crippen LogP contribution in [0, 0.1) is 0 Å². The second kappa shape index (κ2) is 57.7. The van der Waals surface area contributed by atoms with Crippen LogP contribution < -0.4 is 10.6 Å². The Kier molecular flexibility index (Phi) is 53.9. The molecule has 0 bridgehead atoms. The van der Waals surface area contributed by atoms with Crippen LogP contribution in [-0.4, -0.2) is 166 Å². The van der Waals surface area contributed by atoms with Crippen molar-refractivity contribution in [2.75, 3.05) is 33.5 Å². The molecule has 0 aromatic carbocycles. The van der Waals surface area contributed by atoms with Gasteiger partial charge in [-0.15, -0.1) is 0 Å². The van der Waals surface area contributed by atoms with Gasteiger partial charge in [0.1, 0.15) is 66.4 Å². The molecule has 8 N–H and O–H groups in total. The van der Waals surface area contributed by atoms with E-state index >= 15 is 0 Å². The predicted octanol–water partition coefficient (Wildman–Crippen LogP) is 14.0. The van der Waals surface area contributed by atoms with Crippen molar-refractivity contribution in [3.05, 3.63) is 12.2 Å². The van der Waals surface area contributed by atoms with Crippen molar-refractivity contribution < 1.29 is 105 Å². The molecule has 0 aromatic rings. The summed E-state index contributed by atoms with van der Waals surface area (Å²) in [5.41, 5.74) is 0. The monoisotopic (exact) mass is 1450 g/mol. The lowest BCUT2D eigenvalue weighted by Crippen LogP contribution is -2.67. The first-order chi connectivity index (χ1) is 47.6. The summed E-state index contributed by atoms with van der Waals surface area (Å²) in [5.74, 6) is -2.85. The third-order valence-corrected chi connectivity index (χ3v) is 19.3. The van der Waals surface area contributed by atoms with Crippen molar-refractivity contribution in [3.8, 4) is 0 Å². The number of methoxy groups -OCH3 is 1. The maximum absolute atomic E-state index is 14.3. The van der Waals surface area contributed by atoms with Gasteiger partial charge in [0.25, 0.3) is 0 Å². The van der Waals surface area contributed by atoms with Crippen LogP contribution in [0.3, 0.4) is 0 Å². The summed E-state index contributed by atoms with van der Waals surface area (Å²) in [4.78, 5) is 110. The van der Waals surface area contributed by atoms with Gasteiger partial charge in [0.05, 0.1) is 38.8 Å². The first-order valence-electron chi connectivity index (χ1n) is 38.5. The van der Waals surface area contributed by atoms with Gasteiger partial charge in [-0.3, -0.25) is 33.0 Å². The molecular formula is C73H136N2O22P2. The number of aliphatic hydroxyl groups excluding tert-OH is 2. The van der Waals surface area contributed by atoms with Crippen LogP contribution in [-0.2, 0) is 75.3 Å². The summed E-state index contributed by atoms with van der Waals surface area (Å²) >= 11 is 0. The summed E-state index contributed by atoms with van der Waals surface area (Å²) in [6.07, 6.45) is 23.8. The highest BCUT2D eigenvalue weighted by molar-refractivity contribution is 7.46. The van der Waals surface area contributed by atoms with Crippen molar-refractivity contribution in [1.29, 1.82) is 0 Å². The molecule has 2 aliphatic heterocycles.